The van der Waals surface area contributed by atoms with E-state index >= 15 is 0 Å². The van der Waals surface area contributed by atoms with Crippen LogP contribution in [0.15, 0.2) is 11.8 Å². The lowest BCUT2D eigenvalue weighted by molar-refractivity contribution is -0.116. The minimum atomic E-state index is 0.123. The largest absolute Gasteiger partial charge is 0.490 e. The van der Waals surface area contributed by atoms with Gasteiger partial charge in [-0.25, -0.2) is 0 Å². The molecule has 0 saturated carbocycles. The summed E-state index contributed by atoms with van der Waals surface area (Å²) in [7, 11) is 0. The van der Waals surface area contributed by atoms with Crippen LogP contribution in [-0.4, -0.2) is 22.9 Å². The van der Waals surface area contributed by atoms with Gasteiger partial charge in [-0.05, 0) is 6.08 Å². The van der Waals surface area contributed by atoms with Crippen LogP contribution in [0.5, 0.6) is 0 Å². The zero-order valence-corrected chi connectivity index (χ0v) is 9.24. The molecule has 2 nitrogen and oxygen atoms in total. The van der Waals surface area contributed by atoms with Gasteiger partial charge in [0.1, 0.15) is 0 Å². The molecule has 1 aliphatic rings. The van der Waals surface area contributed by atoms with Crippen LogP contribution in [0.4, 0.5) is 0 Å². The number of ether oxygens (including phenoxy) is 1. The van der Waals surface area contributed by atoms with Gasteiger partial charge in [-0.2, -0.15) is 0 Å². The second-order valence-corrected chi connectivity index (χ2v) is 5.83. The molecule has 0 aromatic heterocycles. The van der Waals surface area contributed by atoms with Gasteiger partial charge in [0.25, 0.3) is 0 Å². The van der Waals surface area contributed by atoms with Crippen LogP contribution in [0, 0.1) is 0 Å². The summed E-state index contributed by atoms with van der Waals surface area (Å²) in [4.78, 5) is 11.5. The van der Waals surface area contributed by atoms with E-state index in [4.69, 9.17) is 4.74 Å². The third kappa shape index (κ3) is 3.85. The third-order valence-corrected chi connectivity index (χ3v) is 2.89. The van der Waals surface area contributed by atoms with Crippen LogP contribution in [0.3, 0.4) is 0 Å². The van der Waals surface area contributed by atoms with Crippen molar-refractivity contribution in [3.05, 3.63) is 11.8 Å². The van der Waals surface area contributed by atoms with Crippen LogP contribution < -0.4 is 0 Å². The molecule has 0 aliphatic carbocycles. The number of carbonyl (C=O) groups excluding carboxylic acids is 1. The second kappa shape index (κ2) is 4.18. The molecule has 0 amide bonds. The van der Waals surface area contributed by atoms with Crippen LogP contribution in [0.1, 0.15) is 27.2 Å². The maximum absolute atomic E-state index is 11.5. The lowest BCUT2D eigenvalue weighted by Crippen LogP contribution is -2.14. The van der Waals surface area contributed by atoms with E-state index in [1.54, 1.807) is 11.8 Å². The Kier molecular flexibility index (Phi) is 3.42. The van der Waals surface area contributed by atoms with E-state index in [1.165, 1.54) is 0 Å². The van der Waals surface area contributed by atoms with E-state index in [0.29, 0.717) is 18.1 Å². The van der Waals surface area contributed by atoms with Gasteiger partial charge in [0.2, 0.25) is 5.78 Å². The first-order valence-corrected chi connectivity index (χ1v) is 5.48. The lowest BCUT2D eigenvalue weighted by atomic mass is 10.3. The Morgan fingerprint density at radius 3 is 2.77 bits per heavy atom. The highest BCUT2D eigenvalue weighted by Gasteiger charge is 2.18. The minimum absolute atomic E-state index is 0.123. The predicted octanol–water partition coefficient (Wildman–Crippen LogP) is 2.39. The molecule has 74 valence electrons. The molecular weight excluding hydrogens is 184 g/mol. The molecule has 1 heterocycles. The van der Waals surface area contributed by atoms with Crippen molar-refractivity contribution in [1.82, 2.24) is 0 Å². The average molecular weight is 200 g/mol. The molecule has 0 bridgehead atoms. The second-order valence-electron chi connectivity index (χ2n) is 4.03. The Labute approximate surface area is 83.7 Å². The zero-order chi connectivity index (χ0) is 9.90. The maximum Gasteiger partial charge on any atom is 0.206 e. The maximum atomic E-state index is 11.5. The van der Waals surface area contributed by atoms with Gasteiger partial charge in [0.15, 0.2) is 5.76 Å². The summed E-state index contributed by atoms with van der Waals surface area (Å²) in [6, 6.07) is 0. The number of carbonyl (C=O) groups is 1. The quantitative estimate of drug-likeness (QED) is 0.699. The van der Waals surface area contributed by atoms with Gasteiger partial charge in [-0.3, -0.25) is 4.79 Å². The van der Waals surface area contributed by atoms with Crippen molar-refractivity contribution in [3.8, 4) is 0 Å². The first-order chi connectivity index (χ1) is 5.99. The number of allylic oxidation sites excluding steroid dienone is 1. The van der Waals surface area contributed by atoms with Gasteiger partial charge in [-0.15, -0.1) is 11.8 Å². The van der Waals surface area contributed by atoms with Crippen molar-refractivity contribution in [2.45, 2.75) is 31.9 Å². The smallest absolute Gasteiger partial charge is 0.206 e. The highest BCUT2D eigenvalue weighted by Crippen LogP contribution is 2.24. The minimum Gasteiger partial charge on any atom is -0.490 e. The average Bonchev–Trinajstić information content (AvgIpc) is 2.50. The molecule has 0 radical (unpaired) electrons. The molecule has 0 N–H and O–H groups in total. The molecule has 0 aromatic carbocycles. The third-order valence-electron chi connectivity index (χ3n) is 1.62. The molecule has 0 fully saturated rings. The summed E-state index contributed by atoms with van der Waals surface area (Å²) in [6.45, 7) is 6.99. The predicted molar refractivity (Wildman–Crippen MR) is 55.9 cm³/mol. The van der Waals surface area contributed by atoms with E-state index in [0.717, 1.165) is 6.42 Å². The first-order valence-electron chi connectivity index (χ1n) is 4.49. The first kappa shape index (κ1) is 10.6. The molecule has 3 heteroatoms. The van der Waals surface area contributed by atoms with E-state index in [1.807, 2.05) is 6.08 Å². The van der Waals surface area contributed by atoms with Gasteiger partial charge in [0, 0.05) is 11.2 Å². The Morgan fingerprint density at radius 1 is 1.62 bits per heavy atom. The molecule has 0 spiro atoms. The van der Waals surface area contributed by atoms with Crippen LogP contribution in [0.2, 0.25) is 0 Å². The Bertz CT molecular complexity index is 226. The summed E-state index contributed by atoms with van der Waals surface area (Å²) >= 11 is 1.66. The summed E-state index contributed by atoms with van der Waals surface area (Å²) in [5, 5.41) is 0. The SMILES string of the molecule is CC(C)(C)SCC(=O)C1=CCCO1. The Balaban J connectivity index is 2.33. The van der Waals surface area contributed by atoms with E-state index in [2.05, 4.69) is 20.8 Å². The fourth-order valence-corrected chi connectivity index (χ4v) is 1.67. The summed E-state index contributed by atoms with van der Waals surface area (Å²) in [5.74, 6) is 1.21. The van der Waals surface area contributed by atoms with E-state index < -0.39 is 0 Å². The zero-order valence-electron chi connectivity index (χ0n) is 8.42. The van der Waals surface area contributed by atoms with Crippen molar-refractivity contribution in [1.29, 1.82) is 0 Å². The Morgan fingerprint density at radius 2 is 2.31 bits per heavy atom. The summed E-state index contributed by atoms with van der Waals surface area (Å²) in [6.07, 6.45) is 2.76. The van der Waals surface area contributed by atoms with Crippen LogP contribution >= 0.6 is 11.8 Å². The number of thioether (sulfide) groups is 1. The van der Waals surface area contributed by atoms with Crippen molar-refractivity contribution >= 4 is 17.5 Å². The molecule has 1 aliphatic heterocycles. The number of hydrogen-bond donors (Lipinski definition) is 0. The van der Waals surface area contributed by atoms with Crippen LogP contribution in [-0.2, 0) is 9.53 Å². The summed E-state index contributed by atoms with van der Waals surface area (Å²) in [5.41, 5.74) is 0. The van der Waals surface area contributed by atoms with E-state index in [9.17, 15) is 4.79 Å². The lowest BCUT2D eigenvalue weighted by Gasteiger charge is -2.16. The fraction of sp³-hybridized carbons (Fsp3) is 0.700. The number of Topliss-reactive ketones (excluding diaryl/α,β-unsaturated/α-hetero) is 1. The number of ketones is 1. The number of hydrogen-bond acceptors (Lipinski definition) is 3. The highest BCUT2D eigenvalue weighted by atomic mass is 32.2. The van der Waals surface area contributed by atoms with Crippen LogP contribution in [0.25, 0.3) is 0 Å². The number of rotatable bonds is 3. The molecule has 13 heavy (non-hydrogen) atoms. The molecular formula is C10H16O2S. The van der Waals surface area contributed by atoms with Crippen molar-refractivity contribution in [2.75, 3.05) is 12.4 Å². The monoisotopic (exact) mass is 200 g/mol. The Hall–Kier alpha value is -0.440. The van der Waals surface area contributed by atoms with Gasteiger partial charge in [-0.1, -0.05) is 20.8 Å². The fourth-order valence-electron chi connectivity index (χ4n) is 0.965. The highest BCUT2D eigenvalue weighted by molar-refractivity contribution is 8.01. The topological polar surface area (TPSA) is 26.3 Å². The normalized spacial score (nSPS) is 16.7. The molecule has 1 rings (SSSR count). The van der Waals surface area contributed by atoms with Crippen molar-refractivity contribution < 1.29 is 9.53 Å². The van der Waals surface area contributed by atoms with Gasteiger partial charge >= 0.3 is 0 Å². The summed E-state index contributed by atoms with van der Waals surface area (Å²) < 4.78 is 5.33. The van der Waals surface area contributed by atoms with Gasteiger partial charge < -0.3 is 4.74 Å². The molecule has 0 atom stereocenters. The van der Waals surface area contributed by atoms with Crippen molar-refractivity contribution in [2.24, 2.45) is 0 Å². The van der Waals surface area contributed by atoms with Crippen molar-refractivity contribution in [3.63, 3.8) is 0 Å². The molecule has 0 aromatic rings. The van der Waals surface area contributed by atoms with E-state index in [-0.39, 0.29) is 10.5 Å². The molecule has 0 unspecified atom stereocenters. The standard InChI is InChI=1S/C10H16O2S/c1-10(2,3)13-7-8(11)9-5-4-6-12-9/h5H,4,6-7H2,1-3H3. The van der Waals surface area contributed by atoms with Gasteiger partial charge in [0.05, 0.1) is 12.4 Å². The molecule has 0 saturated heterocycles.